The number of aromatic nitrogens is 3. The molecule has 0 aliphatic rings. The number of rotatable bonds is 7. The number of sulfonamides is 1. The van der Waals surface area contributed by atoms with Crippen LogP contribution in [0.25, 0.3) is 21.3 Å². The number of nitrogen functional groups attached to an aromatic ring is 2. The summed E-state index contributed by atoms with van der Waals surface area (Å²) < 4.78 is 28.2. The van der Waals surface area contributed by atoms with Gasteiger partial charge in [0.1, 0.15) is 27.2 Å². The minimum atomic E-state index is -4.00. The molecule has 3 heterocycles. The molecule has 0 atom stereocenters. The van der Waals surface area contributed by atoms with E-state index in [1.807, 2.05) is 31.2 Å². The summed E-state index contributed by atoms with van der Waals surface area (Å²) in [5.41, 5.74) is 16.9. The quantitative estimate of drug-likeness (QED) is 0.222. The van der Waals surface area contributed by atoms with Gasteiger partial charge in [0.2, 0.25) is 11.7 Å². The number of hydrogen-bond acceptors (Lipinski definition) is 10. The summed E-state index contributed by atoms with van der Waals surface area (Å²) >= 11 is 1.07. The monoisotopic (exact) mass is 583 g/mol. The maximum atomic E-state index is 13.6. The van der Waals surface area contributed by atoms with Gasteiger partial charge in [0, 0.05) is 27.9 Å². The Kier molecular flexibility index (Phi) is 7.17. The van der Waals surface area contributed by atoms with Crippen molar-refractivity contribution >= 4 is 54.8 Å². The number of fused-ring (bicyclic) bond motifs is 1. The molecular formula is C29H25N7O3S2. The number of benzene rings is 2. The molecule has 0 radical (unpaired) electrons. The van der Waals surface area contributed by atoms with E-state index in [-0.39, 0.29) is 38.4 Å². The molecule has 10 nitrogen and oxygen atoms in total. The van der Waals surface area contributed by atoms with Gasteiger partial charge >= 0.3 is 0 Å². The molecule has 0 spiro atoms. The van der Waals surface area contributed by atoms with Crippen LogP contribution in [-0.4, -0.2) is 29.2 Å². The number of nitrogens with zero attached hydrogens (tertiary/aromatic N) is 4. The summed E-state index contributed by atoms with van der Waals surface area (Å²) in [6, 6.07) is 17.0. The first-order valence-electron chi connectivity index (χ1n) is 12.5. The van der Waals surface area contributed by atoms with Crippen LogP contribution >= 0.6 is 11.3 Å². The lowest BCUT2D eigenvalue weighted by molar-refractivity contribution is 0.104. The second kappa shape index (κ2) is 10.6. The molecule has 0 saturated heterocycles. The first kappa shape index (κ1) is 27.7. The molecule has 0 aliphatic carbocycles. The molecule has 2 aromatic carbocycles. The Balaban J connectivity index is 1.52. The number of nitrogens with one attached hydrogen (secondary N) is 1. The molecule has 5 rings (SSSR count). The van der Waals surface area contributed by atoms with Crippen LogP contribution in [0.4, 0.5) is 17.5 Å². The van der Waals surface area contributed by atoms with Crippen molar-refractivity contribution in [3.8, 4) is 17.2 Å². The van der Waals surface area contributed by atoms with Crippen molar-refractivity contribution in [2.45, 2.75) is 32.1 Å². The Bertz CT molecular complexity index is 1960. The standard InChI is InChI=1S/C29H25N7O3S2/c1-4-17-5-7-18(8-6-17)22-21(14-30)27(32)35-28-23(22)24(31)26(40-28)25(37)19-9-11-20(12-10-19)41(38,39)36-29-33-15(2)13-16(3)34-29/h5-13H,4,31H2,1-3H3,(H2,32,35)(H,33,34,36). The first-order valence-corrected chi connectivity index (χ1v) is 14.8. The van der Waals surface area contributed by atoms with E-state index in [9.17, 15) is 18.5 Å². The summed E-state index contributed by atoms with van der Waals surface area (Å²) in [7, 11) is -4.00. The van der Waals surface area contributed by atoms with Gasteiger partial charge in [0.05, 0.1) is 10.6 Å². The number of carbonyl (C=O) groups excluding carboxylic acids is 1. The van der Waals surface area contributed by atoms with Crippen LogP contribution in [0.5, 0.6) is 0 Å². The summed E-state index contributed by atoms with van der Waals surface area (Å²) in [5.74, 6) is -0.404. The van der Waals surface area contributed by atoms with Crippen molar-refractivity contribution in [3.63, 3.8) is 0 Å². The fourth-order valence-corrected chi connectivity index (χ4v) is 6.53. The number of carbonyl (C=O) groups is 1. The van der Waals surface area contributed by atoms with Crippen LogP contribution in [0.3, 0.4) is 0 Å². The highest BCUT2D eigenvalue weighted by atomic mass is 32.2. The summed E-state index contributed by atoms with van der Waals surface area (Å²) in [6.45, 7) is 5.52. The number of anilines is 3. The van der Waals surface area contributed by atoms with E-state index >= 15 is 0 Å². The Labute approximate surface area is 240 Å². The highest BCUT2D eigenvalue weighted by Gasteiger charge is 2.25. The number of ketones is 1. The normalized spacial score (nSPS) is 11.4. The molecule has 3 aromatic heterocycles. The van der Waals surface area contributed by atoms with Gasteiger partial charge in [-0.15, -0.1) is 11.3 Å². The number of nitriles is 1. The van der Waals surface area contributed by atoms with E-state index in [1.165, 1.54) is 24.3 Å². The zero-order valence-electron chi connectivity index (χ0n) is 22.4. The Morgan fingerprint density at radius 1 is 1.00 bits per heavy atom. The number of pyridine rings is 1. The lowest BCUT2D eigenvalue weighted by Gasteiger charge is -2.10. The van der Waals surface area contributed by atoms with Crippen LogP contribution in [-0.2, 0) is 16.4 Å². The van der Waals surface area contributed by atoms with Gasteiger partial charge in [0.25, 0.3) is 10.0 Å². The van der Waals surface area contributed by atoms with E-state index in [0.29, 0.717) is 27.2 Å². The number of nitrogens with two attached hydrogens (primary N) is 2. The van der Waals surface area contributed by atoms with Gasteiger partial charge in [-0.25, -0.2) is 28.1 Å². The molecule has 0 unspecified atom stereocenters. The zero-order valence-corrected chi connectivity index (χ0v) is 24.0. The van der Waals surface area contributed by atoms with Gasteiger partial charge in [-0.05, 0) is 61.7 Å². The third kappa shape index (κ3) is 5.20. The maximum Gasteiger partial charge on any atom is 0.264 e. The van der Waals surface area contributed by atoms with E-state index in [4.69, 9.17) is 11.5 Å². The molecule has 0 aliphatic heterocycles. The van der Waals surface area contributed by atoms with Crippen LogP contribution in [0, 0.1) is 25.2 Å². The Hall–Kier alpha value is -4.86. The highest BCUT2D eigenvalue weighted by molar-refractivity contribution is 7.92. The molecule has 5 N–H and O–H groups in total. The fourth-order valence-electron chi connectivity index (χ4n) is 4.51. The van der Waals surface area contributed by atoms with E-state index in [2.05, 4.69) is 25.7 Å². The molecule has 0 saturated carbocycles. The highest BCUT2D eigenvalue weighted by Crippen LogP contribution is 2.43. The van der Waals surface area contributed by atoms with Crippen molar-refractivity contribution < 1.29 is 13.2 Å². The van der Waals surface area contributed by atoms with Crippen LogP contribution in [0.15, 0.2) is 59.5 Å². The van der Waals surface area contributed by atoms with Crippen molar-refractivity contribution in [1.29, 1.82) is 5.26 Å². The third-order valence-corrected chi connectivity index (χ3v) is 8.95. The van der Waals surface area contributed by atoms with Crippen LogP contribution < -0.4 is 16.2 Å². The molecule has 41 heavy (non-hydrogen) atoms. The fraction of sp³-hybridized carbons (Fsp3) is 0.138. The smallest absolute Gasteiger partial charge is 0.264 e. The van der Waals surface area contributed by atoms with E-state index in [0.717, 1.165) is 28.9 Å². The molecular weight excluding hydrogens is 558 g/mol. The SMILES string of the molecule is CCc1ccc(-c2c(C#N)c(N)nc3sc(C(=O)c4ccc(S(=O)(=O)Nc5nc(C)cc(C)n5)cc4)c(N)c23)cc1. The summed E-state index contributed by atoms with van der Waals surface area (Å²) in [6.07, 6.45) is 0.855. The number of hydrogen-bond donors (Lipinski definition) is 3. The van der Waals surface area contributed by atoms with Crippen LogP contribution in [0.1, 0.15) is 44.7 Å². The number of aryl methyl sites for hydroxylation is 3. The van der Waals surface area contributed by atoms with Gasteiger partial charge in [-0.3, -0.25) is 4.79 Å². The van der Waals surface area contributed by atoms with Gasteiger partial charge < -0.3 is 11.5 Å². The number of thiophene rings is 1. The molecule has 0 bridgehead atoms. The van der Waals surface area contributed by atoms with E-state index in [1.54, 1.807) is 19.9 Å². The average Bonchev–Trinajstić information content (AvgIpc) is 3.26. The predicted octanol–water partition coefficient (Wildman–Crippen LogP) is 5.00. The average molecular weight is 584 g/mol. The van der Waals surface area contributed by atoms with Crippen molar-refractivity contribution in [2.24, 2.45) is 0 Å². The molecule has 206 valence electrons. The lowest BCUT2D eigenvalue weighted by Crippen LogP contribution is -2.16. The van der Waals surface area contributed by atoms with Crippen molar-refractivity contribution in [2.75, 3.05) is 16.2 Å². The summed E-state index contributed by atoms with van der Waals surface area (Å²) in [4.78, 5) is 26.7. The minimum absolute atomic E-state index is 0.0376. The minimum Gasteiger partial charge on any atom is -0.397 e. The Morgan fingerprint density at radius 3 is 2.22 bits per heavy atom. The second-order valence-corrected chi connectivity index (χ2v) is 12.0. The zero-order chi connectivity index (χ0) is 29.5. The van der Waals surface area contributed by atoms with E-state index < -0.39 is 15.8 Å². The van der Waals surface area contributed by atoms with Gasteiger partial charge in [-0.1, -0.05) is 31.2 Å². The topological polar surface area (TPSA) is 178 Å². The molecule has 0 fully saturated rings. The van der Waals surface area contributed by atoms with Gasteiger partial charge in [0.15, 0.2) is 0 Å². The van der Waals surface area contributed by atoms with Crippen molar-refractivity contribution in [1.82, 2.24) is 15.0 Å². The van der Waals surface area contributed by atoms with Crippen LogP contribution in [0.2, 0.25) is 0 Å². The molecule has 12 heteroatoms. The third-order valence-electron chi connectivity index (χ3n) is 6.51. The summed E-state index contributed by atoms with van der Waals surface area (Å²) in [5, 5.41) is 10.4. The molecule has 5 aromatic rings. The second-order valence-electron chi connectivity index (χ2n) is 9.37. The first-order chi connectivity index (χ1) is 19.5. The van der Waals surface area contributed by atoms with Gasteiger partial charge in [-0.2, -0.15) is 5.26 Å². The largest absolute Gasteiger partial charge is 0.397 e. The Morgan fingerprint density at radius 2 is 1.63 bits per heavy atom. The predicted molar refractivity (Wildman–Crippen MR) is 160 cm³/mol. The lowest BCUT2D eigenvalue weighted by atomic mass is 9.95. The maximum absolute atomic E-state index is 13.6. The van der Waals surface area contributed by atoms with Crippen molar-refractivity contribution in [3.05, 3.63) is 87.6 Å². The molecule has 0 amide bonds.